The number of carbonyl (C=O) groups excluding carboxylic acids is 1. The first-order valence-corrected chi connectivity index (χ1v) is 8.02. The third-order valence-corrected chi connectivity index (χ3v) is 3.45. The van der Waals surface area contributed by atoms with Crippen LogP contribution < -0.4 is 10.1 Å². The number of nitrogens with one attached hydrogen (secondary N) is 1. The van der Waals surface area contributed by atoms with Gasteiger partial charge in [-0.3, -0.25) is 0 Å². The summed E-state index contributed by atoms with van der Waals surface area (Å²) in [6.07, 6.45) is -4.84. The number of benzene rings is 1. The highest BCUT2D eigenvalue weighted by atomic mass is 19.4. The first kappa shape index (κ1) is 19.8. The van der Waals surface area contributed by atoms with Crippen LogP contribution in [0.15, 0.2) is 18.2 Å². The molecule has 0 amide bonds. The van der Waals surface area contributed by atoms with Gasteiger partial charge in [0.05, 0.1) is 19.4 Å². The summed E-state index contributed by atoms with van der Waals surface area (Å²) in [5, 5.41) is 3.34. The second kappa shape index (κ2) is 7.01. The number of ether oxygens (including phenoxy) is 2. The van der Waals surface area contributed by atoms with E-state index in [0.717, 1.165) is 0 Å². The largest absolute Gasteiger partial charge is 0.494 e. The van der Waals surface area contributed by atoms with Crippen LogP contribution in [0.2, 0.25) is 0 Å². The average Bonchev–Trinajstić information content (AvgIpc) is 2.51. The molecule has 1 N–H and O–H groups in total. The molecule has 0 atom stereocenters. The Morgan fingerprint density at radius 1 is 1.23 bits per heavy atom. The molecule has 2 rings (SSSR count). The lowest BCUT2D eigenvalue weighted by Gasteiger charge is -2.26. The van der Waals surface area contributed by atoms with Gasteiger partial charge in [0.2, 0.25) is 0 Å². The summed E-state index contributed by atoms with van der Waals surface area (Å²) in [5.74, 6) is -0.899. The number of para-hydroxylation sites is 1. The third kappa shape index (κ3) is 4.00. The summed E-state index contributed by atoms with van der Waals surface area (Å²) in [4.78, 5) is 16.1. The van der Waals surface area contributed by atoms with Crippen LogP contribution >= 0.6 is 0 Å². The molecule has 0 aliphatic heterocycles. The highest BCUT2D eigenvalue weighted by molar-refractivity contribution is 6.07. The molecule has 0 saturated carbocycles. The maximum absolute atomic E-state index is 13.7. The van der Waals surface area contributed by atoms with Gasteiger partial charge in [-0.25, -0.2) is 9.78 Å². The van der Waals surface area contributed by atoms with Crippen LogP contribution in [0.5, 0.6) is 5.75 Å². The fourth-order valence-electron chi connectivity index (χ4n) is 2.54. The van der Waals surface area contributed by atoms with Gasteiger partial charge in [-0.05, 0) is 33.8 Å². The van der Waals surface area contributed by atoms with Gasteiger partial charge in [0.15, 0.2) is 5.69 Å². The molecular formula is C18H21F3N2O3. The number of carbonyl (C=O) groups is 1. The van der Waals surface area contributed by atoms with E-state index < -0.39 is 28.9 Å². The van der Waals surface area contributed by atoms with Crippen molar-refractivity contribution in [3.63, 3.8) is 0 Å². The molecule has 1 aromatic carbocycles. The fourth-order valence-corrected chi connectivity index (χ4v) is 2.54. The van der Waals surface area contributed by atoms with Gasteiger partial charge in [0.1, 0.15) is 16.8 Å². The number of rotatable bonds is 4. The number of hydrogen-bond donors (Lipinski definition) is 1. The van der Waals surface area contributed by atoms with E-state index in [0.29, 0.717) is 5.39 Å². The average molecular weight is 370 g/mol. The standard InChI is InChI=1S/C18H21F3N2O3/c1-6-26-16(24)12-14(23-17(2,3)4)10-8-7-9-11(25-5)13(10)22-15(12)18(19,20)21/h7-9H,6H2,1-5H3,(H,22,23). The number of nitrogens with zero attached hydrogens (tertiary/aromatic N) is 1. The van der Waals surface area contributed by atoms with E-state index in [4.69, 9.17) is 9.47 Å². The molecule has 1 aromatic heterocycles. The highest BCUT2D eigenvalue weighted by Crippen LogP contribution is 2.41. The molecule has 1 heterocycles. The number of halogens is 3. The van der Waals surface area contributed by atoms with E-state index in [-0.39, 0.29) is 23.6 Å². The summed E-state index contributed by atoms with van der Waals surface area (Å²) in [6.45, 7) is 6.81. The van der Waals surface area contributed by atoms with Crippen molar-refractivity contribution in [3.05, 3.63) is 29.5 Å². The van der Waals surface area contributed by atoms with Crippen molar-refractivity contribution >= 4 is 22.6 Å². The van der Waals surface area contributed by atoms with Gasteiger partial charge in [-0.2, -0.15) is 13.2 Å². The van der Waals surface area contributed by atoms with Gasteiger partial charge in [-0.15, -0.1) is 0 Å². The van der Waals surface area contributed by atoms with E-state index in [1.807, 2.05) is 0 Å². The molecule has 5 nitrogen and oxygen atoms in total. The monoisotopic (exact) mass is 370 g/mol. The van der Waals surface area contributed by atoms with Crippen molar-refractivity contribution in [1.29, 1.82) is 0 Å². The molecule has 0 unspecified atom stereocenters. The lowest BCUT2D eigenvalue weighted by molar-refractivity contribution is -0.141. The first-order chi connectivity index (χ1) is 12.0. The summed E-state index contributed by atoms with van der Waals surface area (Å²) >= 11 is 0. The molecule has 0 bridgehead atoms. The lowest BCUT2D eigenvalue weighted by Crippen LogP contribution is -2.29. The van der Waals surface area contributed by atoms with E-state index in [1.54, 1.807) is 32.9 Å². The van der Waals surface area contributed by atoms with Crippen molar-refractivity contribution in [1.82, 2.24) is 4.98 Å². The Bertz CT molecular complexity index is 827. The number of anilines is 1. The smallest absolute Gasteiger partial charge is 0.434 e. The van der Waals surface area contributed by atoms with Crippen molar-refractivity contribution < 1.29 is 27.4 Å². The number of esters is 1. The van der Waals surface area contributed by atoms with E-state index in [9.17, 15) is 18.0 Å². The third-order valence-electron chi connectivity index (χ3n) is 3.45. The summed E-state index contributed by atoms with van der Waals surface area (Å²) < 4.78 is 51.1. The number of aromatic nitrogens is 1. The minimum atomic E-state index is -4.84. The van der Waals surface area contributed by atoms with Crippen LogP contribution in [0.3, 0.4) is 0 Å². The number of hydrogen-bond acceptors (Lipinski definition) is 5. The fraction of sp³-hybridized carbons (Fsp3) is 0.444. The molecule has 0 spiro atoms. The van der Waals surface area contributed by atoms with E-state index in [2.05, 4.69) is 10.3 Å². The molecule has 26 heavy (non-hydrogen) atoms. The Kier molecular flexibility index (Phi) is 5.34. The zero-order valence-corrected chi connectivity index (χ0v) is 15.2. The Labute approximate surface area is 149 Å². The SMILES string of the molecule is CCOC(=O)c1c(C(F)(F)F)nc2c(OC)cccc2c1NC(C)(C)C. The Morgan fingerprint density at radius 2 is 1.88 bits per heavy atom. The van der Waals surface area contributed by atoms with Crippen LogP contribution in [0.25, 0.3) is 10.9 Å². The van der Waals surface area contributed by atoms with Gasteiger partial charge in [0.25, 0.3) is 0 Å². The Balaban J connectivity index is 2.98. The summed E-state index contributed by atoms with van der Waals surface area (Å²) in [6, 6.07) is 4.72. The molecule has 0 aliphatic rings. The highest BCUT2D eigenvalue weighted by Gasteiger charge is 2.41. The van der Waals surface area contributed by atoms with Crippen molar-refractivity contribution in [2.45, 2.75) is 39.4 Å². The van der Waals surface area contributed by atoms with Crippen molar-refractivity contribution in [2.24, 2.45) is 0 Å². The zero-order valence-electron chi connectivity index (χ0n) is 15.2. The molecule has 2 aromatic rings. The zero-order chi connectivity index (χ0) is 19.7. The van der Waals surface area contributed by atoms with Crippen molar-refractivity contribution in [2.75, 3.05) is 19.0 Å². The topological polar surface area (TPSA) is 60.5 Å². The van der Waals surface area contributed by atoms with Crippen molar-refractivity contribution in [3.8, 4) is 5.75 Å². The molecule has 8 heteroatoms. The van der Waals surface area contributed by atoms with Crippen LogP contribution in [0.1, 0.15) is 43.7 Å². The molecule has 0 aliphatic carbocycles. The van der Waals surface area contributed by atoms with Crippen LogP contribution in [-0.2, 0) is 10.9 Å². The predicted molar refractivity (Wildman–Crippen MR) is 92.6 cm³/mol. The number of alkyl halides is 3. The summed E-state index contributed by atoms with van der Waals surface area (Å²) in [7, 11) is 1.35. The van der Waals surface area contributed by atoms with Crippen LogP contribution in [-0.4, -0.2) is 30.2 Å². The molecule has 142 valence electrons. The minimum Gasteiger partial charge on any atom is -0.494 e. The van der Waals surface area contributed by atoms with E-state index >= 15 is 0 Å². The maximum atomic E-state index is 13.7. The molecule has 0 radical (unpaired) electrons. The quantitative estimate of drug-likeness (QED) is 0.794. The maximum Gasteiger partial charge on any atom is 0.434 e. The second-order valence-electron chi connectivity index (χ2n) is 6.66. The minimum absolute atomic E-state index is 0.0159. The van der Waals surface area contributed by atoms with Gasteiger partial charge < -0.3 is 14.8 Å². The predicted octanol–water partition coefficient (Wildman–Crippen LogP) is 4.65. The lowest BCUT2D eigenvalue weighted by atomic mass is 10.0. The van der Waals surface area contributed by atoms with Gasteiger partial charge in [-0.1, -0.05) is 12.1 Å². The van der Waals surface area contributed by atoms with Gasteiger partial charge in [0, 0.05) is 10.9 Å². The first-order valence-electron chi connectivity index (χ1n) is 8.02. The number of methoxy groups -OCH3 is 1. The van der Waals surface area contributed by atoms with E-state index in [1.165, 1.54) is 20.1 Å². The number of pyridine rings is 1. The van der Waals surface area contributed by atoms with Crippen LogP contribution in [0.4, 0.5) is 18.9 Å². The van der Waals surface area contributed by atoms with Gasteiger partial charge >= 0.3 is 12.1 Å². The molecule has 0 fully saturated rings. The Morgan fingerprint density at radius 3 is 2.38 bits per heavy atom. The molecule has 0 saturated heterocycles. The second-order valence-corrected chi connectivity index (χ2v) is 6.66. The number of fused-ring (bicyclic) bond motifs is 1. The van der Waals surface area contributed by atoms with Crippen LogP contribution in [0, 0.1) is 0 Å². The Hall–Kier alpha value is -2.51. The molecular weight excluding hydrogens is 349 g/mol. The normalized spacial score (nSPS) is 12.2. The summed E-state index contributed by atoms with van der Waals surface area (Å²) in [5.41, 5.74) is -2.51.